The fraction of sp³-hybridized carbons (Fsp3) is 0.857. The molecule has 2 atom stereocenters. The first kappa shape index (κ1) is 16.0. The molecule has 5 nitrogen and oxygen atoms in total. The zero-order chi connectivity index (χ0) is 14.6. The Labute approximate surface area is 115 Å². The molecular formula is C14H26N2O3. The Hall–Kier alpha value is -1.10. The van der Waals surface area contributed by atoms with Gasteiger partial charge in [0.1, 0.15) is 6.04 Å². The fourth-order valence-electron chi connectivity index (χ4n) is 2.23. The van der Waals surface area contributed by atoms with Gasteiger partial charge in [-0.1, -0.05) is 20.8 Å². The van der Waals surface area contributed by atoms with Gasteiger partial charge in [0.05, 0.1) is 12.6 Å². The summed E-state index contributed by atoms with van der Waals surface area (Å²) in [5.41, 5.74) is 5.71. The first-order valence-corrected chi connectivity index (χ1v) is 7.01. The summed E-state index contributed by atoms with van der Waals surface area (Å²) in [6.07, 6.45) is 2.53. The van der Waals surface area contributed by atoms with Crippen molar-refractivity contribution in [2.75, 3.05) is 13.2 Å². The number of esters is 1. The molecule has 0 spiro atoms. The van der Waals surface area contributed by atoms with Crippen LogP contribution in [0.25, 0.3) is 0 Å². The van der Waals surface area contributed by atoms with E-state index in [1.54, 1.807) is 11.8 Å². The highest BCUT2D eigenvalue weighted by molar-refractivity contribution is 5.88. The van der Waals surface area contributed by atoms with E-state index < -0.39 is 12.1 Å². The van der Waals surface area contributed by atoms with Crippen LogP contribution in [0, 0.1) is 5.41 Å². The molecule has 0 aromatic carbocycles. The van der Waals surface area contributed by atoms with Crippen LogP contribution >= 0.6 is 0 Å². The van der Waals surface area contributed by atoms with Gasteiger partial charge in [0.15, 0.2) is 0 Å². The summed E-state index contributed by atoms with van der Waals surface area (Å²) in [6.45, 7) is 8.49. The topological polar surface area (TPSA) is 72.6 Å². The second-order valence-electron chi connectivity index (χ2n) is 6.14. The molecule has 0 aliphatic carbocycles. The number of piperidine rings is 1. The van der Waals surface area contributed by atoms with Gasteiger partial charge in [-0.05, 0) is 31.6 Å². The van der Waals surface area contributed by atoms with E-state index >= 15 is 0 Å². The number of likely N-dealkylation sites (tertiary alicyclic amines) is 1. The third-order valence-electron chi connectivity index (χ3n) is 3.54. The van der Waals surface area contributed by atoms with Crippen LogP contribution in [0.5, 0.6) is 0 Å². The predicted molar refractivity (Wildman–Crippen MR) is 73.4 cm³/mol. The number of hydrogen-bond donors (Lipinski definition) is 1. The Kier molecular flexibility index (Phi) is 5.35. The molecule has 1 aliphatic rings. The molecule has 5 heteroatoms. The molecule has 0 aromatic heterocycles. The Morgan fingerprint density at radius 1 is 1.37 bits per heavy atom. The highest BCUT2D eigenvalue weighted by Crippen LogP contribution is 2.24. The van der Waals surface area contributed by atoms with Crippen LogP contribution in [0.15, 0.2) is 0 Å². The van der Waals surface area contributed by atoms with Crippen molar-refractivity contribution >= 4 is 11.9 Å². The summed E-state index contributed by atoms with van der Waals surface area (Å²) in [5, 5.41) is 0. The number of ether oxygens (including phenoxy) is 1. The van der Waals surface area contributed by atoms with E-state index in [4.69, 9.17) is 10.5 Å². The van der Waals surface area contributed by atoms with Crippen LogP contribution in [0.1, 0.15) is 47.0 Å². The molecule has 0 radical (unpaired) electrons. The van der Waals surface area contributed by atoms with Crippen molar-refractivity contribution < 1.29 is 14.3 Å². The van der Waals surface area contributed by atoms with Crippen molar-refractivity contribution in [2.24, 2.45) is 11.1 Å². The second-order valence-corrected chi connectivity index (χ2v) is 6.14. The summed E-state index contributed by atoms with van der Waals surface area (Å²) in [6, 6.07) is -1.06. The predicted octanol–water partition coefficient (Wildman–Crippen LogP) is 1.30. The van der Waals surface area contributed by atoms with Crippen molar-refractivity contribution in [3.63, 3.8) is 0 Å². The third-order valence-corrected chi connectivity index (χ3v) is 3.54. The maximum atomic E-state index is 12.5. The van der Waals surface area contributed by atoms with Gasteiger partial charge in [-0.15, -0.1) is 0 Å². The molecule has 19 heavy (non-hydrogen) atoms. The van der Waals surface area contributed by atoms with E-state index in [0.717, 1.165) is 12.8 Å². The van der Waals surface area contributed by atoms with Gasteiger partial charge < -0.3 is 15.4 Å². The van der Waals surface area contributed by atoms with E-state index in [-0.39, 0.29) is 17.3 Å². The summed E-state index contributed by atoms with van der Waals surface area (Å²) in [5.74, 6) is -0.457. The molecule has 0 aromatic rings. The van der Waals surface area contributed by atoms with Gasteiger partial charge in [-0.3, -0.25) is 4.79 Å². The zero-order valence-electron chi connectivity index (χ0n) is 12.4. The summed E-state index contributed by atoms with van der Waals surface area (Å²) in [7, 11) is 0. The van der Waals surface area contributed by atoms with Crippen LogP contribution in [0.4, 0.5) is 0 Å². The number of nitrogens with two attached hydrogens (primary N) is 1. The first-order valence-electron chi connectivity index (χ1n) is 7.01. The zero-order valence-corrected chi connectivity index (χ0v) is 12.4. The first-order chi connectivity index (χ1) is 8.79. The minimum absolute atomic E-state index is 0.148. The number of hydrogen-bond acceptors (Lipinski definition) is 4. The van der Waals surface area contributed by atoms with Crippen LogP contribution < -0.4 is 5.73 Å². The Bertz CT molecular complexity index is 336. The standard InChI is InChI=1S/C14H26N2O3/c1-5-19-13(18)10-8-6-7-9-16(10)12(17)11(15)14(2,3)4/h10-11H,5-9,15H2,1-4H3/t10?,11-/m1/s1. The lowest BCUT2D eigenvalue weighted by atomic mass is 9.85. The summed E-state index contributed by atoms with van der Waals surface area (Å²) in [4.78, 5) is 26.0. The smallest absolute Gasteiger partial charge is 0.328 e. The van der Waals surface area contributed by atoms with Crippen molar-refractivity contribution in [3.8, 4) is 0 Å². The van der Waals surface area contributed by atoms with Crippen LogP contribution in [-0.4, -0.2) is 42.0 Å². The minimum atomic E-state index is -0.595. The highest BCUT2D eigenvalue weighted by atomic mass is 16.5. The van der Waals surface area contributed by atoms with E-state index in [1.807, 2.05) is 20.8 Å². The molecule has 0 bridgehead atoms. The Balaban J connectivity index is 2.82. The van der Waals surface area contributed by atoms with E-state index in [1.165, 1.54) is 0 Å². The molecule has 1 heterocycles. The average molecular weight is 270 g/mol. The van der Waals surface area contributed by atoms with Crippen molar-refractivity contribution in [1.82, 2.24) is 4.90 Å². The summed E-state index contributed by atoms with van der Waals surface area (Å²) < 4.78 is 5.05. The van der Waals surface area contributed by atoms with Crippen molar-refractivity contribution in [2.45, 2.75) is 59.0 Å². The second kappa shape index (κ2) is 6.37. The largest absolute Gasteiger partial charge is 0.464 e. The maximum absolute atomic E-state index is 12.5. The van der Waals surface area contributed by atoms with Gasteiger partial charge >= 0.3 is 5.97 Å². The SMILES string of the molecule is CCOC(=O)C1CCCCN1C(=O)[C@@H](N)C(C)(C)C. The highest BCUT2D eigenvalue weighted by Gasteiger charge is 2.38. The quantitative estimate of drug-likeness (QED) is 0.785. The molecule has 2 N–H and O–H groups in total. The minimum Gasteiger partial charge on any atom is -0.464 e. The van der Waals surface area contributed by atoms with Gasteiger partial charge in [-0.2, -0.15) is 0 Å². The van der Waals surface area contributed by atoms with Crippen LogP contribution in [0.2, 0.25) is 0 Å². The number of amides is 1. The number of carbonyl (C=O) groups excluding carboxylic acids is 2. The van der Waals surface area contributed by atoms with E-state index in [9.17, 15) is 9.59 Å². The number of rotatable bonds is 3. The molecule has 1 unspecified atom stereocenters. The van der Waals surface area contributed by atoms with Gasteiger partial charge in [-0.25, -0.2) is 4.79 Å². The fourth-order valence-corrected chi connectivity index (χ4v) is 2.23. The van der Waals surface area contributed by atoms with E-state index in [0.29, 0.717) is 19.6 Å². The molecular weight excluding hydrogens is 244 g/mol. The number of carbonyl (C=O) groups is 2. The monoisotopic (exact) mass is 270 g/mol. The average Bonchev–Trinajstić information content (AvgIpc) is 2.36. The van der Waals surface area contributed by atoms with Gasteiger partial charge in [0.25, 0.3) is 0 Å². The molecule has 1 aliphatic heterocycles. The van der Waals surface area contributed by atoms with Gasteiger partial charge in [0.2, 0.25) is 5.91 Å². The van der Waals surface area contributed by atoms with Crippen LogP contribution in [-0.2, 0) is 14.3 Å². The number of nitrogens with zero attached hydrogens (tertiary/aromatic N) is 1. The van der Waals surface area contributed by atoms with Crippen LogP contribution in [0.3, 0.4) is 0 Å². The lowest BCUT2D eigenvalue weighted by Gasteiger charge is -2.38. The maximum Gasteiger partial charge on any atom is 0.328 e. The molecule has 1 fully saturated rings. The molecule has 1 rings (SSSR count). The lowest BCUT2D eigenvalue weighted by molar-refractivity contribution is -0.157. The molecule has 110 valence electrons. The lowest BCUT2D eigenvalue weighted by Crippen LogP contribution is -2.57. The van der Waals surface area contributed by atoms with Crippen molar-refractivity contribution in [3.05, 3.63) is 0 Å². The third kappa shape index (κ3) is 3.93. The molecule has 1 saturated heterocycles. The normalized spacial score (nSPS) is 21.9. The van der Waals surface area contributed by atoms with E-state index in [2.05, 4.69) is 0 Å². The van der Waals surface area contributed by atoms with Gasteiger partial charge in [0, 0.05) is 6.54 Å². The molecule has 1 amide bonds. The van der Waals surface area contributed by atoms with Crippen molar-refractivity contribution in [1.29, 1.82) is 0 Å². The Morgan fingerprint density at radius 2 is 2.00 bits per heavy atom. The Morgan fingerprint density at radius 3 is 2.53 bits per heavy atom. The summed E-state index contributed by atoms with van der Waals surface area (Å²) >= 11 is 0. The molecule has 0 saturated carbocycles.